The van der Waals surface area contributed by atoms with Gasteiger partial charge < -0.3 is 15.4 Å². The van der Waals surface area contributed by atoms with Crippen LogP contribution in [-0.2, 0) is 20.9 Å². The summed E-state index contributed by atoms with van der Waals surface area (Å²) in [7, 11) is 1.31. The summed E-state index contributed by atoms with van der Waals surface area (Å²) in [6.45, 7) is -0.540. The van der Waals surface area contributed by atoms with Crippen molar-refractivity contribution in [2.24, 2.45) is 0 Å². The first-order chi connectivity index (χ1) is 17.3. The van der Waals surface area contributed by atoms with E-state index in [2.05, 4.69) is 9.97 Å². The van der Waals surface area contributed by atoms with Crippen LogP contribution < -0.4 is 21.9 Å². The Morgan fingerprint density at radius 1 is 1.06 bits per heavy atom. The highest BCUT2D eigenvalue weighted by Crippen LogP contribution is 2.17. The number of aromatic amines is 1. The molecule has 0 aliphatic rings. The number of amides is 1. The van der Waals surface area contributed by atoms with Crippen LogP contribution in [0.2, 0.25) is 0 Å². The number of likely N-dealkylation sites (N-methyl/N-ethyl adjacent to an activating group) is 1. The number of para-hydroxylation sites is 1. The van der Waals surface area contributed by atoms with E-state index in [9.17, 15) is 19.2 Å². The molecule has 0 saturated heterocycles. The predicted octanol–water partition coefficient (Wildman–Crippen LogP) is 1.93. The van der Waals surface area contributed by atoms with E-state index < -0.39 is 29.7 Å². The van der Waals surface area contributed by atoms with Crippen molar-refractivity contribution in [3.8, 4) is 0 Å². The zero-order valence-corrected chi connectivity index (χ0v) is 19.4. The number of ether oxygens (including phenoxy) is 1. The highest BCUT2D eigenvalue weighted by molar-refractivity contribution is 5.97. The molecule has 2 aromatic carbocycles. The normalized spacial score (nSPS) is 11.0. The van der Waals surface area contributed by atoms with Gasteiger partial charge in [0.05, 0.1) is 17.8 Å². The monoisotopic (exact) mass is 485 g/mol. The van der Waals surface area contributed by atoms with Crippen molar-refractivity contribution in [2.45, 2.75) is 6.54 Å². The number of hydrogen-bond donors (Lipinski definition) is 2. The molecule has 0 saturated carbocycles. The van der Waals surface area contributed by atoms with Gasteiger partial charge >= 0.3 is 11.7 Å². The molecule has 0 unspecified atom stereocenters. The van der Waals surface area contributed by atoms with Crippen LogP contribution in [0.4, 0.5) is 11.5 Å². The van der Waals surface area contributed by atoms with Crippen molar-refractivity contribution in [1.82, 2.24) is 14.5 Å². The number of esters is 1. The van der Waals surface area contributed by atoms with E-state index in [1.807, 2.05) is 36.4 Å². The van der Waals surface area contributed by atoms with Crippen molar-refractivity contribution < 1.29 is 14.3 Å². The summed E-state index contributed by atoms with van der Waals surface area (Å²) in [4.78, 5) is 57.1. The Kier molecular flexibility index (Phi) is 7.05. The van der Waals surface area contributed by atoms with E-state index in [1.54, 1.807) is 30.3 Å². The minimum Gasteiger partial charge on any atom is -0.452 e. The maximum absolute atomic E-state index is 12.6. The van der Waals surface area contributed by atoms with E-state index in [0.717, 1.165) is 32.0 Å². The van der Waals surface area contributed by atoms with Crippen LogP contribution in [0.1, 0.15) is 11.3 Å². The molecule has 3 N–H and O–H groups in total. The van der Waals surface area contributed by atoms with Gasteiger partial charge in [-0.25, -0.2) is 14.6 Å². The van der Waals surface area contributed by atoms with Gasteiger partial charge in [0.15, 0.2) is 12.3 Å². The van der Waals surface area contributed by atoms with Gasteiger partial charge in [-0.3, -0.25) is 19.1 Å². The molecule has 0 bridgehead atoms. The minimum atomic E-state index is -0.828. The Morgan fingerprint density at radius 2 is 1.78 bits per heavy atom. The van der Waals surface area contributed by atoms with Crippen LogP contribution in [0.25, 0.3) is 17.0 Å². The number of aromatic nitrogens is 3. The average molecular weight is 486 g/mol. The number of anilines is 2. The van der Waals surface area contributed by atoms with Crippen molar-refractivity contribution >= 4 is 40.4 Å². The Balaban J connectivity index is 1.44. The van der Waals surface area contributed by atoms with E-state index >= 15 is 0 Å². The number of nitrogens with zero attached hydrogens (tertiary/aromatic N) is 3. The molecule has 0 aliphatic heterocycles. The summed E-state index contributed by atoms with van der Waals surface area (Å²) in [6.07, 6.45) is 2.64. The Labute approximate surface area is 205 Å². The van der Waals surface area contributed by atoms with Gasteiger partial charge in [0, 0.05) is 18.5 Å². The number of carbonyl (C=O) groups excluding carboxylic acids is 2. The van der Waals surface area contributed by atoms with Gasteiger partial charge in [-0.2, -0.15) is 0 Å². The molecule has 4 rings (SSSR count). The van der Waals surface area contributed by atoms with E-state index in [-0.39, 0.29) is 18.1 Å². The molecule has 2 aromatic heterocycles. The molecule has 4 aromatic rings. The first-order valence-electron chi connectivity index (χ1n) is 11.0. The van der Waals surface area contributed by atoms with Gasteiger partial charge in [-0.05, 0) is 23.8 Å². The van der Waals surface area contributed by atoms with Gasteiger partial charge in [0.2, 0.25) is 0 Å². The van der Waals surface area contributed by atoms with Gasteiger partial charge in [0.25, 0.3) is 11.5 Å². The van der Waals surface area contributed by atoms with Crippen LogP contribution >= 0.6 is 0 Å². The molecular weight excluding hydrogens is 462 g/mol. The number of hydrogen-bond acceptors (Lipinski definition) is 7. The third kappa shape index (κ3) is 5.39. The first kappa shape index (κ1) is 24.1. The highest BCUT2D eigenvalue weighted by atomic mass is 16.5. The molecule has 0 aliphatic carbocycles. The first-order valence-corrected chi connectivity index (χ1v) is 11.0. The molecule has 0 spiro atoms. The summed E-state index contributed by atoms with van der Waals surface area (Å²) < 4.78 is 6.17. The molecule has 1 amide bonds. The number of H-pyrrole nitrogens is 1. The SMILES string of the molecule is CN(C(=O)COC(=O)/C=C/c1ccc2ccccc2n1)c1c(N)n(Cc2ccccc2)c(=O)[nH]c1=O. The summed E-state index contributed by atoms with van der Waals surface area (Å²) in [6, 6.07) is 20.2. The smallest absolute Gasteiger partial charge is 0.331 e. The quantitative estimate of drug-likeness (QED) is 0.301. The van der Waals surface area contributed by atoms with Gasteiger partial charge in [0.1, 0.15) is 5.82 Å². The fourth-order valence-electron chi connectivity index (χ4n) is 3.56. The third-order valence-corrected chi connectivity index (χ3v) is 5.46. The van der Waals surface area contributed by atoms with Crippen molar-refractivity contribution in [1.29, 1.82) is 0 Å². The number of nitrogens with two attached hydrogens (primary N) is 1. The molecule has 10 nitrogen and oxygen atoms in total. The third-order valence-electron chi connectivity index (χ3n) is 5.46. The second kappa shape index (κ2) is 10.5. The summed E-state index contributed by atoms with van der Waals surface area (Å²) in [5.41, 5.74) is 6.46. The van der Waals surface area contributed by atoms with E-state index in [4.69, 9.17) is 10.5 Å². The lowest BCUT2D eigenvalue weighted by molar-refractivity contribution is -0.142. The summed E-state index contributed by atoms with van der Waals surface area (Å²) in [5, 5.41) is 0.968. The maximum Gasteiger partial charge on any atom is 0.331 e. The van der Waals surface area contributed by atoms with Crippen LogP contribution in [-0.4, -0.2) is 40.1 Å². The van der Waals surface area contributed by atoms with Crippen LogP contribution in [0.5, 0.6) is 0 Å². The summed E-state index contributed by atoms with van der Waals surface area (Å²) >= 11 is 0. The van der Waals surface area contributed by atoms with Gasteiger partial charge in [-0.15, -0.1) is 0 Å². The molecule has 0 atom stereocenters. The topological polar surface area (TPSA) is 140 Å². The average Bonchev–Trinajstić information content (AvgIpc) is 2.88. The molecule has 10 heteroatoms. The fraction of sp³-hybridized carbons (Fsp3) is 0.115. The second-order valence-corrected chi connectivity index (χ2v) is 7.89. The van der Waals surface area contributed by atoms with Crippen LogP contribution in [0.3, 0.4) is 0 Å². The number of benzene rings is 2. The zero-order valence-electron chi connectivity index (χ0n) is 19.4. The molecule has 0 fully saturated rings. The number of rotatable bonds is 7. The van der Waals surface area contributed by atoms with Crippen molar-refractivity contribution in [3.05, 3.63) is 105 Å². The lowest BCUT2D eigenvalue weighted by Gasteiger charge is -2.20. The summed E-state index contributed by atoms with van der Waals surface area (Å²) in [5.74, 6) is -1.65. The molecule has 0 radical (unpaired) electrons. The number of nitrogens with one attached hydrogen (secondary N) is 1. The predicted molar refractivity (Wildman–Crippen MR) is 136 cm³/mol. The molecule has 2 heterocycles. The molecule has 36 heavy (non-hydrogen) atoms. The molecular formula is C26H23N5O5. The van der Waals surface area contributed by atoms with Crippen molar-refractivity contribution in [2.75, 3.05) is 24.3 Å². The van der Waals surface area contributed by atoms with Gasteiger partial charge in [-0.1, -0.05) is 54.6 Å². The fourth-order valence-corrected chi connectivity index (χ4v) is 3.56. The van der Waals surface area contributed by atoms with E-state index in [0.29, 0.717) is 5.69 Å². The standard InChI is InChI=1S/C26H23N5O5/c1-30(23-24(27)31(26(35)29-25(23)34)15-17-7-3-2-4-8-17)21(32)16-36-22(33)14-13-19-12-11-18-9-5-6-10-20(18)28-19/h2-14H,15-16,27H2,1H3,(H,29,34,35)/b14-13+. The zero-order chi connectivity index (χ0) is 25.7. The van der Waals surface area contributed by atoms with Crippen LogP contribution in [0, 0.1) is 0 Å². The molecule has 182 valence electrons. The Bertz CT molecular complexity index is 1570. The largest absolute Gasteiger partial charge is 0.452 e. The minimum absolute atomic E-state index is 0.0971. The number of nitrogen functional groups attached to an aromatic ring is 1. The Hall–Kier alpha value is -4.99. The van der Waals surface area contributed by atoms with Crippen LogP contribution in [0.15, 0.2) is 82.4 Å². The Morgan fingerprint density at radius 3 is 2.56 bits per heavy atom. The number of pyridine rings is 1. The van der Waals surface area contributed by atoms with Crippen molar-refractivity contribution in [3.63, 3.8) is 0 Å². The lowest BCUT2D eigenvalue weighted by Crippen LogP contribution is -2.40. The van der Waals surface area contributed by atoms with E-state index in [1.165, 1.54) is 13.1 Å². The highest BCUT2D eigenvalue weighted by Gasteiger charge is 2.22. The lowest BCUT2D eigenvalue weighted by atomic mass is 10.2. The second-order valence-electron chi connectivity index (χ2n) is 7.89. The number of fused-ring (bicyclic) bond motifs is 1. The maximum atomic E-state index is 12.6. The number of carbonyl (C=O) groups is 2.